The first-order valence-corrected chi connectivity index (χ1v) is 8.03. The van der Waals surface area contributed by atoms with Crippen LogP contribution in [0.5, 0.6) is 0 Å². The van der Waals surface area contributed by atoms with Crippen LogP contribution in [-0.2, 0) is 12.1 Å². The molecule has 1 aromatic heterocycles. The first-order valence-electron chi connectivity index (χ1n) is 8.03. The minimum atomic E-state index is -0.868. The molecule has 1 aliphatic heterocycles. The lowest BCUT2D eigenvalue weighted by atomic mass is 10.0. The number of hydrogen-bond acceptors (Lipinski definition) is 4. The molecule has 2 heterocycles. The summed E-state index contributed by atoms with van der Waals surface area (Å²) in [6, 6.07) is 3.73. The Labute approximate surface area is 139 Å². The fourth-order valence-electron chi connectivity index (χ4n) is 3.03. The lowest BCUT2D eigenvalue weighted by Crippen LogP contribution is -2.25. The third-order valence-corrected chi connectivity index (χ3v) is 4.30. The largest absolute Gasteiger partial charge is 0.392 e. The Hall–Kier alpha value is -1.86. The van der Waals surface area contributed by atoms with Crippen molar-refractivity contribution < 1.29 is 13.9 Å². The topological polar surface area (TPSA) is 54.2 Å². The molecule has 2 unspecified atom stereocenters. The van der Waals surface area contributed by atoms with Crippen LogP contribution in [0.2, 0.25) is 0 Å². The number of aromatic nitrogens is 3. The summed E-state index contributed by atoms with van der Waals surface area (Å²) in [5.41, 5.74) is 1.29. The van der Waals surface area contributed by atoms with Gasteiger partial charge in [-0.25, -0.2) is 13.5 Å². The Kier molecular flexibility index (Phi) is 4.40. The van der Waals surface area contributed by atoms with E-state index >= 15 is 0 Å². The predicted octanol–water partition coefficient (Wildman–Crippen LogP) is 2.62. The van der Waals surface area contributed by atoms with Crippen molar-refractivity contribution in [3.8, 4) is 0 Å². The van der Waals surface area contributed by atoms with Crippen LogP contribution in [0.4, 0.5) is 8.78 Å². The maximum Gasteiger partial charge on any atom is 0.159 e. The second kappa shape index (κ2) is 6.22. The summed E-state index contributed by atoms with van der Waals surface area (Å²) in [4.78, 5) is 2.02. The molecule has 1 aromatic carbocycles. The molecule has 1 saturated heterocycles. The molecule has 1 aliphatic rings. The smallest absolute Gasteiger partial charge is 0.159 e. The van der Waals surface area contributed by atoms with Gasteiger partial charge in [0.25, 0.3) is 0 Å². The molecule has 1 fully saturated rings. The van der Waals surface area contributed by atoms with Crippen LogP contribution in [0.3, 0.4) is 0 Å². The number of hydrogen-bond donors (Lipinski definition) is 1. The normalized spacial score (nSPS) is 22.2. The number of aliphatic hydroxyl groups excluding tert-OH is 1. The Bertz CT molecular complexity index is 726. The zero-order valence-electron chi connectivity index (χ0n) is 14.1. The number of β-amino-alcohol motifs (C(OH)–C–C–N with tert-alkyl or cyclic N) is 1. The van der Waals surface area contributed by atoms with Crippen LogP contribution < -0.4 is 0 Å². The van der Waals surface area contributed by atoms with Gasteiger partial charge in [0.05, 0.1) is 23.5 Å². The van der Waals surface area contributed by atoms with Gasteiger partial charge in [-0.1, -0.05) is 11.3 Å². The Morgan fingerprint density at radius 3 is 2.62 bits per heavy atom. The fraction of sp³-hybridized carbons (Fsp3) is 0.529. The average molecular weight is 336 g/mol. The molecule has 0 aliphatic carbocycles. The molecule has 0 saturated carbocycles. The molecule has 1 N–H and O–H groups in total. The fourth-order valence-corrected chi connectivity index (χ4v) is 3.03. The van der Waals surface area contributed by atoms with E-state index < -0.39 is 17.7 Å². The summed E-state index contributed by atoms with van der Waals surface area (Å²) >= 11 is 0. The van der Waals surface area contributed by atoms with Gasteiger partial charge in [-0.3, -0.25) is 4.90 Å². The molecule has 3 rings (SSSR count). The summed E-state index contributed by atoms with van der Waals surface area (Å²) in [5, 5.41) is 18.3. The molecular formula is C17H22F2N4O. The van der Waals surface area contributed by atoms with Crippen molar-refractivity contribution in [3.05, 3.63) is 47.3 Å². The maximum atomic E-state index is 13.5. The van der Waals surface area contributed by atoms with E-state index in [1.807, 2.05) is 31.9 Å². The number of rotatable bonds is 3. The van der Waals surface area contributed by atoms with Crippen molar-refractivity contribution in [2.24, 2.45) is 0 Å². The molecule has 2 atom stereocenters. The lowest BCUT2D eigenvalue weighted by Gasteiger charge is -2.23. The molecular weight excluding hydrogens is 314 g/mol. The molecule has 0 radical (unpaired) electrons. The molecule has 0 amide bonds. The lowest BCUT2D eigenvalue weighted by molar-refractivity contribution is 0.172. The van der Waals surface area contributed by atoms with Gasteiger partial charge >= 0.3 is 0 Å². The van der Waals surface area contributed by atoms with Crippen molar-refractivity contribution in [3.63, 3.8) is 0 Å². The van der Waals surface area contributed by atoms with E-state index in [1.54, 1.807) is 10.7 Å². The van der Waals surface area contributed by atoms with Crippen molar-refractivity contribution in [1.82, 2.24) is 19.9 Å². The molecule has 5 nitrogen and oxygen atoms in total. The molecule has 2 aromatic rings. The van der Waals surface area contributed by atoms with Crippen LogP contribution in [0, 0.1) is 11.6 Å². The second-order valence-corrected chi connectivity index (χ2v) is 7.33. The van der Waals surface area contributed by atoms with E-state index in [4.69, 9.17) is 0 Å². The molecule has 0 spiro atoms. The summed E-state index contributed by atoms with van der Waals surface area (Å²) < 4.78 is 28.5. The zero-order chi connectivity index (χ0) is 17.5. The van der Waals surface area contributed by atoms with Gasteiger partial charge in [0.2, 0.25) is 0 Å². The molecule has 7 heteroatoms. The number of benzene rings is 1. The quantitative estimate of drug-likeness (QED) is 0.936. The summed E-state index contributed by atoms with van der Waals surface area (Å²) in [6.07, 6.45) is 1.87. The summed E-state index contributed by atoms with van der Waals surface area (Å²) in [5.74, 6) is -1.73. The third-order valence-electron chi connectivity index (χ3n) is 4.30. The third kappa shape index (κ3) is 3.47. The Morgan fingerprint density at radius 1 is 1.25 bits per heavy atom. The van der Waals surface area contributed by atoms with E-state index in [-0.39, 0.29) is 11.6 Å². The van der Waals surface area contributed by atoms with E-state index in [9.17, 15) is 13.9 Å². The second-order valence-electron chi connectivity index (χ2n) is 7.33. The van der Waals surface area contributed by atoms with E-state index in [2.05, 4.69) is 10.3 Å². The summed E-state index contributed by atoms with van der Waals surface area (Å²) in [7, 11) is 0. The van der Waals surface area contributed by atoms with Crippen LogP contribution in [-0.4, -0.2) is 37.6 Å². The summed E-state index contributed by atoms with van der Waals surface area (Å²) in [6.45, 7) is 7.07. The van der Waals surface area contributed by atoms with Gasteiger partial charge in [0, 0.05) is 19.1 Å². The Morgan fingerprint density at radius 2 is 2.00 bits per heavy atom. The SMILES string of the molecule is CC(C)(C)n1cc(CN2CC(O)CC2c2ccc(F)c(F)c2)nn1. The van der Waals surface area contributed by atoms with Gasteiger partial charge in [0.15, 0.2) is 11.6 Å². The van der Waals surface area contributed by atoms with Crippen LogP contribution in [0.1, 0.15) is 44.5 Å². The van der Waals surface area contributed by atoms with Gasteiger partial charge in [0.1, 0.15) is 0 Å². The van der Waals surface area contributed by atoms with Gasteiger partial charge in [-0.15, -0.1) is 5.10 Å². The van der Waals surface area contributed by atoms with Crippen molar-refractivity contribution >= 4 is 0 Å². The van der Waals surface area contributed by atoms with E-state index in [0.29, 0.717) is 25.1 Å². The van der Waals surface area contributed by atoms with Crippen molar-refractivity contribution in [2.75, 3.05) is 6.54 Å². The van der Waals surface area contributed by atoms with Crippen molar-refractivity contribution in [2.45, 2.75) is 51.4 Å². The zero-order valence-corrected chi connectivity index (χ0v) is 14.1. The van der Waals surface area contributed by atoms with E-state index in [0.717, 1.165) is 11.8 Å². The first kappa shape index (κ1) is 17.0. The van der Waals surface area contributed by atoms with Crippen LogP contribution in [0.25, 0.3) is 0 Å². The average Bonchev–Trinajstić information content (AvgIpc) is 3.09. The maximum absolute atomic E-state index is 13.5. The minimum Gasteiger partial charge on any atom is -0.392 e. The van der Waals surface area contributed by atoms with Crippen molar-refractivity contribution in [1.29, 1.82) is 0 Å². The number of nitrogens with zero attached hydrogens (tertiary/aromatic N) is 4. The predicted molar refractivity (Wildman–Crippen MR) is 85.2 cm³/mol. The van der Waals surface area contributed by atoms with Crippen LogP contribution >= 0.6 is 0 Å². The number of likely N-dealkylation sites (tertiary alicyclic amines) is 1. The van der Waals surface area contributed by atoms with Gasteiger partial charge in [-0.2, -0.15) is 0 Å². The van der Waals surface area contributed by atoms with Gasteiger partial charge < -0.3 is 5.11 Å². The van der Waals surface area contributed by atoms with Gasteiger partial charge in [-0.05, 0) is 44.9 Å². The number of aliphatic hydroxyl groups is 1. The first-order chi connectivity index (χ1) is 11.2. The highest BCUT2D eigenvalue weighted by Gasteiger charge is 2.33. The number of halogens is 2. The molecule has 24 heavy (non-hydrogen) atoms. The highest BCUT2D eigenvalue weighted by molar-refractivity contribution is 5.23. The van der Waals surface area contributed by atoms with Crippen LogP contribution in [0.15, 0.2) is 24.4 Å². The molecule has 130 valence electrons. The monoisotopic (exact) mass is 336 g/mol. The molecule has 0 bridgehead atoms. The standard InChI is InChI=1S/C17H22F2N4O/c1-17(2,3)23-9-12(20-21-23)8-22-10-13(24)7-16(22)11-4-5-14(18)15(19)6-11/h4-6,9,13,16,24H,7-8,10H2,1-3H3. The Balaban J connectivity index is 1.80. The highest BCUT2D eigenvalue weighted by Crippen LogP contribution is 2.33. The minimum absolute atomic E-state index is 0.157. The van der Waals surface area contributed by atoms with E-state index in [1.165, 1.54) is 6.07 Å². The highest BCUT2D eigenvalue weighted by atomic mass is 19.2.